The number of amides is 1. The van der Waals surface area contributed by atoms with Crippen molar-refractivity contribution in [3.05, 3.63) is 22.5 Å². The fraction of sp³-hybridized carbons (Fsp3) is 0.611. The molecule has 138 valence electrons. The van der Waals surface area contributed by atoms with Crippen molar-refractivity contribution in [1.82, 2.24) is 19.7 Å². The Balaban J connectivity index is 1.92. The van der Waals surface area contributed by atoms with E-state index in [4.69, 9.17) is 0 Å². The van der Waals surface area contributed by atoms with Crippen molar-refractivity contribution >= 4 is 17.5 Å². The molecule has 1 aromatic rings. The molecule has 1 fully saturated rings. The summed E-state index contributed by atoms with van der Waals surface area (Å²) < 4.78 is 0. The lowest BCUT2D eigenvalue weighted by molar-refractivity contribution is -0.130. The molecule has 0 spiro atoms. The van der Waals surface area contributed by atoms with E-state index in [0.717, 1.165) is 37.4 Å². The molecule has 2 rings (SSSR count). The van der Waals surface area contributed by atoms with Gasteiger partial charge >= 0.3 is 0 Å². The summed E-state index contributed by atoms with van der Waals surface area (Å²) in [5, 5.41) is 0. The van der Waals surface area contributed by atoms with Crippen LogP contribution in [-0.4, -0.2) is 90.5 Å². The first-order chi connectivity index (χ1) is 11.7. The number of carbonyl (C=O) groups is 3. The first kappa shape index (κ1) is 19.3. The van der Waals surface area contributed by atoms with Gasteiger partial charge in [-0.05, 0) is 26.3 Å². The number of likely N-dealkylation sites (N-methyl/N-ethyl adjacent to an activating group) is 1. The first-order valence-corrected chi connectivity index (χ1v) is 8.58. The Morgan fingerprint density at radius 1 is 1.00 bits per heavy atom. The van der Waals surface area contributed by atoms with Gasteiger partial charge in [0.25, 0.3) is 0 Å². The number of hydrogen-bond donors (Lipinski definition) is 1. The number of carbonyl (C=O) groups excluding carboxylic acids is 3. The van der Waals surface area contributed by atoms with Crippen molar-refractivity contribution in [2.24, 2.45) is 0 Å². The summed E-state index contributed by atoms with van der Waals surface area (Å²) in [5.74, 6) is 0.0779. The molecule has 7 nitrogen and oxygen atoms in total. The summed E-state index contributed by atoms with van der Waals surface area (Å²) in [7, 11) is 3.51. The highest BCUT2D eigenvalue weighted by Gasteiger charge is 2.24. The first-order valence-electron chi connectivity index (χ1n) is 8.58. The van der Waals surface area contributed by atoms with Crippen LogP contribution in [0.1, 0.15) is 39.0 Å². The van der Waals surface area contributed by atoms with E-state index in [9.17, 15) is 14.4 Å². The quantitative estimate of drug-likeness (QED) is 0.767. The molecule has 0 aromatic carbocycles. The molecule has 0 aliphatic carbocycles. The van der Waals surface area contributed by atoms with E-state index < -0.39 is 0 Å². The molecule has 1 aliphatic rings. The van der Waals surface area contributed by atoms with E-state index in [0.29, 0.717) is 24.3 Å². The van der Waals surface area contributed by atoms with Crippen molar-refractivity contribution in [1.29, 1.82) is 0 Å². The molecule has 0 unspecified atom stereocenters. The van der Waals surface area contributed by atoms with Gasteiger partial charge in [0.2, 0.25) is 5.91 Å². The maximum absolute atomic E-state index is 12.6. The standard InChI is InChI=1S/C18H28N4O3/c1-12-17(14(3)23)13(2)19-18(12)15(24)10-21-6-8-22(9-7-21)11-16(25)20(4)5/h19H,6-11H2,1-5H3. The Morgan fingerprint density at radius 3 is 1.96 bits per heavy atom. The van der Waals surface area contributed by atoms with Crippen molar-refractivity contribution in [2.45, 2.75) is 20.8 Å². The summed E-state index contributed by atoms with van der Waals surface area (Å²) in [6.07, 6.45) is 0. The Bertz CT molecular complexity index is 670. The lowest BCUT2D eigenvalue weighted by Crippen LogP contribution is -2.50. The highest BCUT2D eigenvalue weighted by Crippen LogP contribution is 2.19. The van der Waals surface area contributed by atoms with Gasteiger partial charge in [-0.3, -0.25) is 24.2 Å². The van der Waals surface area contributed by atoms with Crippen LogP contribution in [0.15, 0.2) is 0 Å². The second-order valence-corrected chi connectivity index (χ2v) is 6.94. The summed E-state index contributed by atoms with van der Waals surface area (Å²) in [6, 6.07) is 0. The van der Waals surface area contributed by atoms with Crippen molar-refractivity contribution in [3.8, 4) is 0 Å². The van der Waals surface area contributed by atoms with Crippen molar-refractivity contribution in [2.75, 3.05) is 53.4 Å². The van der Waals surface area contributed by atoms with Crippen LogP contribution in [0, 0.1) is 13.8 Å². The van der Waals surface area contributed by atoms with E-state index >= 15 is 0 Å². The van der Waals surface area contributed by atoms with Crippen LogP contribution in [-0.2, 0) is 4.79 Å². The number of hydrogen-bond acceptors (Lipinski definition) is 5. The molecule has 25 heavy (non-hydrogen) atoms. The lowest BCUT2D eigenvalue weighted by atomic mass is 10.1. The number of aryl methyl sites for hydroxylation is 1. The number of ketones is 2. The molecule has 1 aliphatic heterocycles. The third-order valence-electron chi connectivity index (χ3n) is 4.76. The number of aromatic amines is 1. The normalized spacial score (nSPS) is 16.0. The fourth-order valence-electron chi connectivity index (χ4n) is 3.28. The van der Waals surface area contributed by atoms with Gasteiger partial charge in [-0.2, -0.15) is 0 Å². The van der Waals surface area contributed by atoms with Gasteiger partial charge in [0, 0.05) is 51.5 Å². The number of H-pyrrole nitrogens is 1. The van der Waals surface area contributed by atoms with Crippen LogP contribution < -0.4 is 0 Å². The van der Waals surface area contributed by atoms with E-state index in [1.807, 2.05) is 13.8 Å². The van der Waals surface area contributed by atoms with Gasteiger partial charge in [0.05, 0.1) is 18.8 Å². The molecule has 0 saturated carbocycles. The maximum atomic E-state index is 12.6. The molecule has 1 amide bonds. The number of nitrogens with zero attached hydrogens (tertiary/aromatic N) is 3. The third kappa shape index (κ3) is 4.55. The Hall–Kier alpha value is -1.99. The van der Waals surface area contributed by atoms with Crippen LogP contribution >= 0.6 is 0 Å². The van der Waals surface area contributed by atoms with Crippen molar-refractivity contribution in [3.63, 3.8) is 0 Å². The minimum atomic E-state index is -0.0236. The molecule has 0 radical (unpaired) electrons. The Kier molecular flexibility index (Phi) is 6.13. The zero-order chi connectivity index (χ0) is 18.7. The van der Waals surface area contributed by atoms with Crippen LogP contribution in [0.5, 0.6) is 0 Å². The van der Waals surface area contributed by atoms with E-state index in [2.05, 4.69) is 14.8 Å². The number of piperazine rings is 1. The van der Waals surface area contributed by atoms with Gasteiger partial charge in [0.15, 0.2) is 11.6 Å². The second-order valence-electron chi connectivity index (χ2n) is 6.94. The van der Waals surface area contributed by atoms with Gasteiger partial charge in [-0.1, -0.05) is 0 Å². The average Bonchev–Trinajstić information content (AvgIpc) is 2.84. The monoisotopic (exact) mass is 348 g/mol. The molecule has 0 bridgehead atoms. The summed E-state index contributed by atoms with van der Waals surface area (Å²) in [6.45, 7) is 8.96. The SMILES string of the molecule is CC(=O)c1c(C)[nH]c(C(=O)CN2CCN(CC(=O)N(C)C)CC2)c1C. The molecule has 2 heterocycles. The highest BCUT2D eigenvalue weighted by molar-refractivity contribution is 6.03. The molecule has 1 N–H and O–H groups in total. The van der Waals surface area contributed by atoms with Crippen molar-refractivity contribution < 1.29 is 14.4 Å². The lowest BCUT2D eigenvalue weighted by Gasteiger charge is -2.34. The van der Waals surface area contributed by atoms with Gasteiger partial charge < -0.3 is 9.88 Å². The van der Waals surface area contributed by atoms with Crippen LogP contribution in [0.2, 0.25) is 0 Å². The minimum absolute atomic E-state index is 0.00548. The summed E-state index contributed by atoms with van der Waals surface area (Å²) >= 11 is 0. The summed E-state index contributed by atoms with van der Waals surface area (Å²) in [4.78, 5) is 45.0. The van der Waals surface area contributed by atoms with Gasteiger partial charge in [-0.15, -0.1) is 0 Å². The van der Waals surface area contributed by atoms with E-state index in [1.165, 1.54) is 6.92 Å². The molecule has 0 atom stereocenters. The second kappa shape index (κ2) is 7.93. The summed E-state index contributed by atoms with van der Waals surface area (Å²) in [5.41, 5.74) is 2.65. The van der Waals surface area contributed by atoms with Crippen LogP contribution in [0.3, 0.4) is 0 Å². The molecule has 1 aromatic heterocycles. The van der Waals surface area contributed by atoms with Crippen LogP contribution in [0.25, 0.3) is 0 Å². The topological polar surface area (TPSA) is 76.7 Å². The zero-order valence-electron chi connectivity index (χ0n) is 15.8. The predicted molar refractivity (Wildman–Crippen MR) is 96.2 cm³/mol. The smallest absolute Gasteiger partial charge is 0.236 e. The predicted octanol–water partition coefficient (Wildman–Crippen LogP) is 0.723. The maximum Gasteiger partial charge on any atom is 0.236 e. The Labute approximate surface area is 149 Å². The van der Waals surface area contributed by atoms with E-state index in [-0.39, 0.29) is 17.5 Å². The molecular weight excluding hydrogens is 320 g/mol. The molecule has 1 saturated heterocycles. The van der Waals surface area contributed by atoms with E-state index in [1.54, 1.807) is 19.0 Å². The average molecular weight is 348 g/mol. The number of aromatic nitrogens is 1. The highest BCUT2D eigenvalue weighted by atomic mass is 16.2. The van der Waals surface area contributed by atoms with Gasteiger partial charge in [0.1, 0.15) is 0 Å². The van der Waals surface area contributed by atoms with Crippen LogP contribution in [0.4, 0.5) is 0 Å². The third-order valence-corrected chi connectivity index (χ3v) is 4.76. The number of nitrogens with one attached hydrogen (secondary N) is 1. The zero-order valence-corrected chi connectivity index (χ0v) is 15.8. The molecule has 7 heteroatoms. The number of rotatable bonds is 6. The fourth-order valence-corrected chi connectivity index (χ4v) is 3.28. The Morgan fingerprint density at radius 2 is 1.52 bits per heavy atom. The number of Topliss-reactive ketones (excluding diaryl/α,β-unsaturated/α-hetero) is 2. The van der Waals surface area contributed by atoms with Gasteiger partial charge in [-0.25, -0.2) is 0 Å². The largest absolute Gasteiger partial charge is 0.355 e. The molecular formula is C18H28N4O3. The minimum Gasteiger partial charge on any atom is -0.355 e.